The van der Waals surface area contributed by atoms with Crippen LogP contribution in [-0.4, -0.2) is 41.5 Å². The molecule has 2 rings (SSSR count). The molecule has 0 aliphatic heterocycles. The summed E-state index contributed by atoms with van der Waals surface area (Å²) in [6, 6.07) is 14.3. The van der Waals surface area contributed by atoms with Crippen molar-refractivity contribution < 1.29 is 14.7 Å². The number of anilines is 2. The Morgan fingerprint density at radius 1 is 1.08 bits per heavy atom. The number of rotatable bonds is 8. The van der Waals surface area contributed by atoms with E-state index >= 15 is 0 Å². The topological polar surface area (TPSA) is 81.7 Å². The maximum Gasteiger partial charge on any atom is 0.238 e. The van der Waals surface area contributed by atoms with Gasteiger partial charge in [0.25, 0.3) is 0 Å². The van der Waals surface area contributed by atoms with Crippen molar-refractivity contribution in [2.45, 2.75) is 13.5 Å². The van der Waals surface area contributed by atoms with E-state index in [4.69, 9.17) is 11.6 Å². The Bertz CT molecular complexity index is 767. The van der Waals surface area contributed by atoms with Gasteiger partial charge in [0.1, 0.15) is 0 Å². The zero-order valence-electron chi connectivity index (χ0n) is 14.5. The number of halogens is 1. The Hall–Kier alpha value is -2.41. The van der Waals surface area contributed by atoms with Crippen molar-refractivity contribution in [1.29, 1.82) is 0 Å². The minimum absolute atomic E-state index is 0.0497. The van der Waals surface area contributed by atoms with E-state index < -0.39 is 0 Å². The van der Waals surface area contributed by atoms with Crippen molar-refractivity contribution in [2.75, 3.05) is 30.3 Å². The Balaban J connectivity index is 1.97. The number of benzene rings is 2. The molecule has 2 aromatic rings. The van der Waals surface area contributed by atoms with Crippen LogP contribution in [0.2, 0.25) is 5.02 Å². The lowest BCUT2D eigenvalue weighted by Gasteiger charge is -2.21. The summed E-state index contributed by atoms with van der Waals surface area (Å²) in [5, 5.41) is 15.4. The highest BCUT2D eigenvalue weighted by Gasteiger charge is 2.12. The first-order valence-corrected chi connectivity index (χ1v) is 8.59. The van der Waals surface area contributed by atoms with E-state index in [1.165, 1.54) is 6.92 Å². The molecule has 0 heterocycles. The van der Waals surface area contributed by atoms with Crippen molar-refractivity contribution in [3.63, 3.8) is 0 Å². The van der Waals surface area contributed by atoms with E-state index in [2.05, 4.69) is 10.6 Å². The zero-order chi connectivity index (χ0) is 18.9. The van der Waals surface area contributed by atoms with Gasteiger partial charge >= 0.3 is 0 Å². The first kappa shape index (κ1) is 19.9. The zero-order valence-corrected chi connectivity index (χ0v) is 15.3. The van der Waals surface area contributed by atoms with E-state index in [9.17, 15) is 14.7 Å². The molecule has 0 spiro atoms. The van der Waals surface area contributed by atoms with Gasteiger partial charge in [0.05, 0.1) is 13.2 Å². The van der Waals surface area contributed by atoms with Gasteiger partial charge in [-0.1, -0.05) is 29.8 Å². The molecule has 0 fully saturated rings. The Morgan fingerprint density at radius 2 is 1.77 bits per heavy atom. The van der Waals surface area contributed by atoms with E-state index in [-0.39, 0.29) is 25.0 Å². The van der Waals surface area contributed by atoms with Crippen molar-refractivity contribution in [3.05, 3.63) is 59.1 Å². The van der Waals surface area contributed by atoms with Crippen LogP contribution in [0.25, 0.3) is 0 Å². The number of carbonyl (C=O) groups excluding carboxylic acids is 2. The lowest BCUT2D eigenvalue weighted by Crippen LogP contribution is -2.34. The van der Waals surface area contributed by atoms with Crippen molar-refractivity contribution in [1.82, 2.24) is 4.90 Å². The fraction of sp³-hybridized carbons (Fsp3) is 0.263. The number of aliphatic hydroxyl groups is 1. The summed E-state index contributed by atoms with van der Waals surface area (Å²) in [7, 11) is 0. The molecule has 0 aromatic heterocycles. The van der Waals surface area contributed by atoms with Gasteiger partial charge in [-0.2, -0.15) is 0 Å². The van der Waals surface area contributed by atoms with Crippen LogP contribution < -0.4 is 10.6 Å². The average Bonchev–Trinajstić information content (AvgIpc) is 2.54. The predicted octanol–water partition coefficient (Wildman–Crippen LogP) is 2.73. The fourth-order valence-electron chi connectivity index (χ4n) is 2.53. The highest BCUT2D eigenvalue weighted by Crippen LogP contribution is 2.16. The largest absolute Gasteiger partial charge is 0.395 e. The van der Waals surface area contributed by atoms with E-state index in [0.717, 1.165) is 5.56 Å². The lowest BCUT2D eigenvalue weighted by atomic mass is 10.2. The molecular weight excluding hydrogens is 354 g/mol. The van der Waals surface area contributed by atoms with Gasteiger partial charge in [-0.3, -0.25) is 14.5 Å². The number of hydrogen-bond acceptors (Lipinski definition) is 4. The summed E-state index contributed by atoms with van der Waals surface area (Å²) in [6.07, 6.45) is 0. The average molecular weight is 376 g/mol. The van der Waals surface area contributed by atoms with Gasteiger partial charge in [-0.05, 0) is 35.9 Å². The molecule has 7 heteroatoms. The molecule has 0 radical (unpaired) electrons. The molecule has 6 nitrogen and oxygen atoms in total. The van der Waals surface area contributed by atoms with Gasteiger partial charge in [0, 0.05) is 36.4 Å². The van der Waals surface area contributed by atoms with Gasteiger partial charge in [-0.15, -0.1) is 0 Å². The normalized spacial score (nSPS) is 10.6. The molecule has 0 unspecified atom stereocenters. The van der Waals surface area contributed by atoms with Gasteiger partial charge in [0.2, 0.25) is 11.8 Å². The number of hydrogen-bond donors (Lipinski definition) is 3. The summed E-state index contributed by atoms with van der Waals surface area (Å²) < 4.78 is 0. The van der Waals surface area contributed by atoms with Crippen molar-refractivity contribution >= 4 is 34.8 Å². The number of nitrogens with one attached hydrogen (secondary N) is 2. The molecule has 138 valence electrons. The molecule has 26 heavy (non-hydrogen) atoms. The lowest BCUT2D eigenvalue weighted by molar-refractivity contribution is -0.117. The summed E-state index contributed by atoms with van der Waals surface area (Å²) in [5.41, 5.74) is 2.17. The number of amides is 2. The summed E-state index contributed by atoms with van der Waals surface area (Å²) in [4.78, 5) is 25.3. The second kappa shape index (κ2) is 9.91. The van der Waals surface area contributed by atoms with E-state index in [1.54, 1.807) is 30.3 Å². The molecule has 2 amide bonds. The Labute approximate surface area is 157 Å². The minimum atomic E-state index is -0.208. The Kier molecular flexibility index (Phi) is 7.59. The highest BCUT2D eigenvalue weighted by molar-refractivity contribution is 6.30. The third-order valence-electron chi connectivity index (χ3n) is 3.55. The second-order valence-electron chi connectivity index (χ2n) is 5.87. The molecule has 0 saturated heterocycles. The second-order valence-corrected chi connectivity index (χ2v) is 6.31. The van der Waals surface area contributed by atoms with Crippen LogP contribution in [0.15, 0.2) is 48.5 Å². The van der Waals surface area contributed by atoms with E-state index in [0.29, 0.717) is 29.5 Å². The number of aliphatic hydroxyl groups excluding tert-OH is 1. The van der Waals surface area contributed by atoms with Crippen LogP contribution in [0.3, 0.4) is 0 Å². The standard InChI is InChI=1S/C19H22ClN3O3/c1-14(25)21-17-6-3-7-18(11-17)22-19(26)13-23(8-9-24)12-15-4-2-5-16(20)10-15/h2-7,10-11,24H,8-9,12-13H2,1H3,(H,21,25)(H,22,26). The van der Waals surface area contributed by atoms with Crippen LogP contribution in [0, 0.1) is 0 Å². The molecule has 0 aliphatic carbocycles. The van der Waals surface area contributed by atoms with Crippen molar-refractivity contribution in [3.8, 4) is 0 Å². The fourth-order valence-corrected chi connectivity index (χ4v) is 2.74. The smallest absolute Gasteiger partial charge is 0.238 e. The third-order valence-corrected chi connectivity index (χ3v) is 3.78. The molecular formula is C19H22ClN3O3. The molecule has 0 aliphatic rings. The predicted molar refractivity (Wildman–Crippen MR) is 103 cm³/mol. The van der Waals surface area contributed by atoms with Crippen LogP contribution >= 0.6 is 11.6 Å². The van der Waals surface area contributed by atoms with E-state index in [1.807, 2.05) is 23.1 Å². The minimum Gasteiger partial charge on any atom is -0.395 e. The number of carbonyl (C=O) groups is 2. The monoisotopic (exact) mass is 375 g/mol. The maximum absolute atomic E-state index is 12.3. The quantitative estimate of drug-likeness (QED) is 0.662. The van der Waals surface area contributed by atoms with Crippen molar-refractivity contribution in [2.24, 2.45) is 0 Å². The van der Waals surface area contributed by atoms with Gasteiger partial charge in [-0.25, -0.2) is 0 Å². The number of nitrogens with zero attached hydrogens (tertiary/aromatic N) is 1. The molecule has 0 saturated carbocycles. The van der Waals surface area contributed by atoms with Crippen LogP contribution in [0.4, 0.5) is 11.4 Å². The highest BCUT2D eigenvalue weighted by atomic mass is 35.5. The van der Waals surface area contributed by atoms with Crippen LogP contribution in [0.1, 0.15) is 12.5 Å². The molecule has 2 aromatic carbocycles. The van der Waals surface area contributed by atoms with Gasteiger partial charge in [0.15, 0.2) is 0 Å². The SMILES string of the molecule is CC(=O)Nc1cccc(NC(=O)CN(CCO)Cc2cccc(Cl)c2)c1. The van der Waals surface area contributed by atoms with Crippen LogP contribution in [-0.2, 0) is 16.1 Å². The summed E-state index contributed by atoms with van der Waals surface area (Å²) >= 11 is 5.99. The molecule has 3 N–H and O–H groups in total. The maximum atomic E-state index is 12.3. The summed E-state index contributed by atoms with van der Waals surface area (Å²) in [6.45, 7) is 2.36. The molecule has 0 bridgehead atoms. The first-order chi connectivity index (χ1) is 12.5. The molecule has 0 atom stereocenters. The van der Waals surface area contributed by atoms with Gasteiger partial charge < -0.3 is 15.7 Å². The first-order valence-electron chi connectivity index (χ1n) is 8.21. The summed E-state index contributed by atoms with van der Waals surface area (Å²) in [5.74, 6) is -0.385. The third kappa shape index (κ3) is 6.84. The Morgan fingerprint density at radius 3 is 2.42 bits per heavy atom. The van der Waals surface area contributed by atoms with Crippen LogP contribution in [0.5, 0.6) is 0 Å².